The zero-order valence-corrected chi connectivity index (χ0v) is 79.5. The fourth-order valence-electron chi connectivity index (χ4n) is 17.8. The predicted molar refractivity (Wildman–Crippen MR) is 530 cm³/mol. The zero-order chi connectivity index (χ0) is 96.9. The van der Waals surface area contributed by atoms with Gasteiger partial charge in [0.25, 0.3) is 0 Å². The highest BCUT2D eigenvalue weighted by molar-refractivity contribution is 7.99. The van der Waals surface area contributed by atoms with Crippen molar-refractivity contribution in [2.45, 2.75) is 216 Å². The van der Waals surface area contributed by atoms with Crippen LogP contribution in [0.3, 0.4) is 0 Å². The van der Waals surface area contributed by atoms with Crippen molar-refractivity contribution in [3.63, 3.8) is 0 Å². The van der Waals surface area contributed by atoms with E-state index in [1.807, 2.05) is 128 Å². The first-order valence-corrected chi connectivity index (χ1v) is 49.0. The van der Waals surface area contributed by atoms with E-state index in [0.717, 1.165) is 138 Å². The number of likely N-dealkylation sites (tertiary alicyclic amines) is 1. The summed E-state index contributed by atoms with van der Waals surface area (Å²) in [6, 6.07) is 42.8. The number of H-pyrrole nitrogens is 5. The van der Waals surface area contributed by atoms with E-state index in [9.17, 15) is 53.9 Å². The van der Waals surface area contributed by atoms with E-state index in [4.69, 9.17) is 15.0 Å². The van der Waals surface area contributed by atoms with E-state index < -0.39 is 47.4 Å². The van der Waals surface area contributed by atoms with Crippen LogP contribution in [0.25, 0.3) is 11.0 Å². The second-order valence-corrected chi connectivity index (χ2v) is 41.3. The van der Waals surface area contributed by atoms with Gasteiger partial charge in [0.15, 0.2) is 38.7 Å². The average molecular weight is 1980 g/mol. The van der Waals surface area contributed by atoms with Crippen molar-refractivity contribution in [2.24, 2.45) is 23.2 Å². The van der Waals surface area contributed by atoms with Crippen LogP contribution in [0.2, 0.25) is 0 Å². The Morgan fingerprint density at radius 1 is 0.460 bits per heavy atom. The van der Waals surface area contributed by atoms with Gasteiger partial charge in [0.2, 0.25) is 11.8 Å². The maximum absolute atomic E-state index is 15.0. The van der Waals surface area contributed by atoms with Crippen molar-refractivity contribution in [2.75, 3.05) is 93.6 Å². The number of nitrogens with one attached hydrogen (secondary N) is 10. The first-order valence-electron chi connectivity index (χ1n) is 46.5. The molecular weight excluding hydrogens is 1860 g/mol. The number of halogens is 9. The van der Waals surface area contributed by atoms with Gasteiger partial charge in [-0.2, -0.15) is 51.7 Å². The van der Waals surface area contributed by atoms with Crippen LogP contribution < -0.4 is 41.3 Å². The minimum atomic E-state index is -4.56. The Labute approximate surface area is 819 Å². The van der Waals surface area contributed by atoms with Crippen LogP contribution >= 0.6 is 35.3 Å². The summed E-state index contributed by atoms with van der Waals surface area (Å²) in [5.74, 6) is 6.66. The summed E-state index contributed by atoms with van der Waals surface area (Å²) in [7, 11) is 0. The van der Waals surface area contributed by atoms with Crippen molar-refractivity contribution < 1.29 is 65.3 Å². The SMILES string of the molecule is CC(=O)Cc1ccc(Nc2nc(Nc3cc(C)[nH]n3)cc(C3CC(F)(C4CC4)C3)n2)cc1.Cc1cc(Nc2cc(N3CC(F)(C4CC4)C3)nc(Sc3ccc(CC(=O)C4(C)CC4)cc3)n2)n[nH]1.Cc1cc(Nc2cc(N3CC(F)(C4CC4)C3)nc(Sc3ccc4nc(C(F)(F)F)[nH]c4c3)n2)n[nH]1.Cc1cc(Nc2cc(N3CC(N4CCCC4)C3)nc(Sc3ccc(CC(=O)CC(F)(F)F)cc3)n2)n[nH]1.[HH].[HH].[HH].[HH].[HH].[HH].[HH].[HH]. The Hall–Kier alpha value is -12.7. The van der Waals surface area contributed by atoms with Crippen molar-refractivity contribution >= 4 is 139 Å². The van der Waals surface area contributed by atoms with E-state index >= 15 is 0 Å². The summed E-state index contributed by atoms with van der Waals surface area (Å²) < 4.78 is 121. The summed E-state index contributed by atoms with van der Waals surface area (Å²) in [4.78, 5) is 89.7. The lowest BCUT2D eigenvalue weighted by Crippen LogP contribution is -2.60. The van der Waals surface area contributed by atoms with E-state index in [1.54, 1.807) is 49.4 Å². The molecule has 10 N–H and O–H groups in total. The Morgan fingerprint density at radius 3 is 1.30 bits per heavy atom. The molecule has 139 heavy (non-hydrogen) atoms. The molecule has 30 nitrogen and oxygen atoms in total. The molecule has 13 aromatic rings. The van der Waals surface area contributed by atoms with Gasteiger partial charge in [-0.05, 0) is 249 Å². The molecule has 22 rings (SSSR count). The fraction of sp³-hybridized carbons (Fsp3) is 0.423. The Balaban J connectivity index is 0.000000183. The molecule has 0 spiro atoms. The number of carbonyl (C=O) groups excluding carboxylic acids is 3. The summed E-state index contributed by atoms with van der Waals surface area (Å²) >= 11 is 4.00. The molecule has 4 aliphatic heterocycles. The van der Waals surface area contributed by atoms with Crippen molar-refractivity contribution in [1.82, 2.24) is 95.5 Å². The number of hydrogen-bond donors (Lipinski definition) is 10. The number of imidazole rings is 1. The number of benzene rings is 4. The summed E-state index contributed by atoms with van der Waals surface area (Å²) in [5, 5.41) is 46.0. The van der Waals surface area contributed by atoms with Crippen molar-refractivity contribution in [3.05, 3.63) is 191 Å². The smallest absolute Gasteiger partial charge is 0.353 e. The molecule has 9 fully saturated rings. The number of ketones is 3. The Morgan fingerprint density at radius 2 is 0.878 bits per heavy atom. The maximum atomic E-state index is 15.0. The van der Waals surface area contributed by atoms with Crippen LogP contribution in [0, 0.1) is 50.9 Å². The largest absolute Gasteiger partial charge is 0.449 e. The third-order valence-electron chi connectivity index (χ3n) is 26.2. The Kier molecular flexibility index (Phi) is 26.8. The molecule has 42 heteroatoms. The van der Waals surface area contributed by atoms with Gasteiger partial charge >= 0.3 is 12.4 Å². The van der Waals surface area contributed by atoms with Crippen LogP contribution in [-0.2, 0) is 39.8 Å². The van der Waals surface area contributed by atoms with Crippen molar-refractivity contribution in [3.8, 4) is 0 Å². The number of aromatic amines is 5. The maximum Gasteiger partial charge on any atom is 0.449 e. The lowest BCUT2D eigenvalue weighted by atomic mass is 9.68. The van der Waals surface area contributed by atoms with Crippen LogP contribution in [-0.4, -0.2) is 194 Å². The molecule has 0 amide bonds. The zero-order valence-electron chi connectivity index (χ0n) is 77.1. The molecule has 9 aromatic heterocycles. The number of rotatable bonds is 32. The molecule has 0 atom stereocenters. The van der Waals surface area contributed by atoms with Gasteiger partial charge in [-0.25, -0.2) is 53.0 Å². The van der Waals surface area contributed by atoms with Gasteiger partial charge in [0.1, 0.15) is 81.5 Å². The predicted octanol–water partition coefficient (Wildman–Crippen LogP) is 22.3. The van der Waals surface area contributed by atoms with E-state index in [2.05, 4.69) is 119 Å². The number of fused-ring (bicyclic) bond motifs is 1. The van der Waals surface area contributed by atoms with E-state index in [1.165, 1.54) is 54.2 Å². The normalized spacial score (nSPS) is 19.0. The summed E-state index contributed by atoms with van der Waals surface area (Å²) in [6.07, 6.45) is 1.59. The van der Waals surface area contributed by atoms with Gasteiger partial charge in [0.05, 0.1) is 42.9 Å². The molecule has 0 unspecified atom stereocenters. The highest BCUT2D eigenvalue weighted by Crippen LogP contribution is 2.59. The minimum Gasteiger partial charge on any atom is -0.353 e. The van der Waals surface area contributed by atoms with Gasteiger partial charge in [0, 0.05) is 153 Å². The second-order valence-electron chi connectivity index (χ2n) is 38.2. The van der Waals surface area contributed by atoms with Gasteiger partial charge in [-0.15, -0.1) is 0 Å². The minimum absolute atomic E-state index is 0. The molecule has 742 valence electrons. The quantitative estimate of drug-likeness (QED) is 0.0138. The number of anilines is 13. The van der Waals surface area contributed by atoms with Gasteiger partial charge < -0.3 is 46.3 Å². The number of alkyl halides is 9. The number of aromatic nitrogens is 18. The number of carbonyl (C=O) groups is 3. The number of nitrogens with zero attached hydrogens (tertiary/aromatic N) is 17. The highest BCUT2D eigenvalue weighted by Gasteiger charge is 2.57. The van der Waals surface area contributed by atoms with E-state index in [-0.39, 0.29) is 76.8 Å². The van der Waals surface area contributed by atoms with Crippen LogP contribution in [0.1, 0.15) is 166 Å². The number of aryl methyl sites for hydroxylation is 4. The van der Waals surface area contributed by atoms with E-state index in [0.29, 0.717) is 141 Å². The third-order valence-corrected chi connectivity index (χ3v) is 28.8. The highest BCUT2D eigenvalue weighted by atomic mass is 32.2. The lowest BCUT2D eigenvalue weighted by molar-refractivity contribution is -0.152. The standard InChI is InChI=1S/C26H29FN6OS.C25H28F3N7OS.C24H27FN6O.C22H20F4N8S.8H2/c1-16-11-22(32-31-16)28-21-13-23(33-14-26(27,15-33)18-5-6-18)30-24(29-21)35-19-7-3-17(4-8-19)12-20(34)25(2)9-10-25;1-16-10-22(33-32-16)29-21-12-23(35-14-18(15-35)34-8-2-3-9-34)31-24(30-21)37-20-6-4-17(5-7-20)11-19(36)13-25(26,27)28;1-14-9-22(31-30-14)28-21-11-20(17-12-24(25,13-17)18-5-6-18)27-23(29-21)26-19-7-3-16(4-8-19)10-15(2)32;1-11-6-17(33-32-11)29-16-8-18(34-9-21(23,10-34)12-2-3-12)31-20(30-16)35-13-4-5-14-15(7-13)28-19(27-14)22(24,25)26;;;;;;;;/h3-4,7-8,11,13,18H,5-6,9-10,12,14-15H2,1-2H3,(H2,28,29,30,31,32);4-7,10,12,18H,2-3,8-9,11,13-15H2,1H3,(H2,29,30,31,32,33);3-4,7-9,11,17-18H,5-6,10,12-13H2,1-2H3,(H3,26,27,28,29,30,31);4-8,12H,2-3,9-10H2,1H3,(H,27,28)(H2,29,30,31,32,33);8*1H. The molecular formula is C97H120F9N27O3S3. The topological polar surface area (TPSA) is 371 Å². The summed E-state index contributed by atoms with van der Waals surface area (Å²) in [5.41, 5.74) is 4.95. The second kappa shape index (κ2) is 39.2. The van der Waals surface area contributed by atoms with Crippen molar-refractivity contribution in [1.29, 1.82) is 0 Å². The molecule has 5 aliphatic carbocycles. The molecule has 5 saturated carbocycles. The lowest BCUT2D eigenvalue weighted by Gasteiger charge is -2.45. The monoisotopic (exact) mass is 1980 g/mol. The fourth-order valence-corrected chi connectivity index (χ4v) is 20.1. The molecule has 9 aliphatic rings. The van der Waals surface area contributed by atoms with Gasteiger partial charge in [-0.3, -0.25) is 39.7 Å². The molecule has 0 radical (unpaired) electrons. The molecule has 4 aromatic carbocycles. The van der Waals surface area contributed by atoms with Crippen LogP contribution in [0.4, 0.5) is 115 Å². The third kappa shape index (κ3) is 24.2. The average Bonchev–Trinajstić information content (AvgIpc) is 1.63. The number of Topliss-reactive ketones (excluding diaryl/α,β-unsaturated/α-hetero) is 3. The van der Waals surface area contributed by atoms with Crippen LogP contribution in [0.15, 0.2) is 170 Å². The van der Waals surface area contributed by atoms with Gasteiger partial charge in [-0.1, -0.05) is 43.3 Å². The summed E-state index contributed by atoms with van der Waals surface area (Å²) in [6.45, 7) is 16.8. The first-order chi connectivity index (χ1) is 66.5. The number of hydrogen-bond acceptors (Lipinski definition) is 28. The molecule has 13 heterocycles. The molecule has 4 saturated heterocycles. The first kappa shape index (κ1) is 95.2. The van der Waals surface area contributed by atoms with Crippen LogP contribution in [0.5, 0.6) is 0 Å². The molecule has 0 bridgehead atoms. The Bertz CT molecular complexity index is 6650.